The number of ether oxygens (including phenoxy) is 1. The van der Waals surface area contributed by atoms with E-state index in [0.29, 0.717) is 18.3 Å². The molecule has 5 heteroatoms. The molecule has 1 aliphatic rings. The van der Waals surface area contributed by atoms with Crippen molar-refractivity contribution in [2.75, 3.05) is 19.5 Å². The Morgan fingerprint density at radius 2 is 1.79 bits per heavy atom. The van der Waals surface area contributed by atoms with E-state index in [-0.39, 0.29) is 11.8 Å². The van der Waals surface area contributed by atoms with Gasteiger partial charge in [-0.3, -0.25) is 4.21 Å². The molecule has 1 aliphatic heterocycles. The summed E-state index contributed by atoms with van der Waals surface area (Å²) >= 11 is 0. The molecule has 1 fully saturated rings. The molecule has 4 nitrogen and oxygen atoms in total. The van der Waals surface area contributed by atoms with Gasteiger partial charge in [0.05, 0.1) is 17.4 Å². The lowest BCUT2D eigenvalue weighted by Gasteiger charge is -2.16. The van der Waals surface area contributed by atoms with Gasteiger partial charge in [-0.1, -0.05) is 53.7 Å². The fourth-order valence-corrected chi connectivity index (χ4v) is 4.32. The Morgan fingerprint density at radius 1 is 1.12 bits per heavy atom. The molecule has 2 aromatic carbocycles. The summed E-state index contributed by atoms with van der Waals surface area (Å²) in [6, 6.07) is 19.8. The van der Waals surface area contributed by atoms with Gasteiger partial charge in [-0.05, 0) is 24.1 Å². The molecule has 1 saturated heterocycles. The van der Waals surface area contributed by atoms with Crippen LogP contribution in [0.1, 0.15) is 5.56 Å². The summed E-state index contributed by atoms with van der Waals surface area (Å²) in [5.41, 5.74) is 1.22. The highest BCUT2D eigenvalue weighted by Gasteiger charge is 2.37. The van der Waals surface area contributed by atoms with Crippen molar-refractivity contribution in [3.05, 3.63) is 66.2 Å². The highest BCUT2D eigenvalue weighted by molar-refractivity contribution is 7.85. The molecule has 0 aromatic heterocycles. The van der Waals surface area contributed by atoms with Crippen LogP contribution in [0.3, 0.4) is 0 Å². The molecule has 2 aromatic rings. The standard InChI is InChI=1S/C19H21NO3S/c1-22-20-19-18(12-15-8-4-2-5-9-15)16(13-23-19)14-24(21)17-10-6-3-7-11-17/h2-11,16,18H,12-14H2,1H3/b20-19-/t16-,18+,24-/m0/s1. The number of nitrogens with zero attached hydrogens (tertiary/aromatic N) is 1. The molecule has 0 aliphatic carbocycles. The summed E-state index contributed by atoms with van der Waals surface area (Å²) in [5, 5.41) is 4.03. The van der Waals surface area contributed by atoms with E-state index in [0.717, 1.165) is 11.3 Å². The van der Waals surface area contributed by atoms with Crippen molar-refractivity contribution in [1.29, 1.82) is 0 Å². The third-order valence-corrected chi connectivity index (χ3v) is 5.71. The van der Waals surface area contributed by atoms with Gasteiger partial charge in [0.25, 0.3) is 0 Å². The van der Waals surface area contributed by atoms with Gasteiger partial charge < -0.3 is 9.57 Å². The first-order chi connectivity index (χ1) is 11.8. The van der Waals surface area contributed by atoms with Crippen LogP contribution in [0.4, 0.5) is 0 Å². The molecule has 3 rings (SSSR count). The van der Waals surface area contributed by atoms with Crippen molar-refractivity contribution in [3.8, 4) is 0 Å². The quantitative estimate of drug-likeness (QED) is 0.757. The van der Waals surface area contributed by atoms with E-state index in [4.69, 9.17) is 9.57 Å². The lowest BCUT2D eigenvalue weighted by atomic mass is 9.90. The van der Waals surface area contributed by atoms with Gasteiger partial charge in [-0.15, -0.1) is 0 Å². The van der Waals surface area contributed by atoms with Crippen LogP contribution in [0.15, 0.2) is 70.7 Å². The van der Waals surface area contributed by atoms with Crippen LogP contribution in [0, 0.1) is 11.8 Å². The Kier molecular flexibility index (Phi) is 5.64. The number of hydrogen-bond donors (Lipinski definition) is 0. The number of rotatable bonds is 6. The predicted molar refractivity (Wildman–Crippen MR) is 95.2 cm³/mol. The zero-order chi connectivity index (χ0) is 16.8. The summed E-state index contributed by atoms with van der Waals surface area (Å²) in [6.07, 6.45) is 0.805. The maximum atomic E-state index is 12.6. The molecular weight excluding hydrogens is 322 g/mol. The second-order valence-corrected chi connectivity index (χ2v) is 7.30. The van der Waals surface area contributed by atoms with Gasteiger partial charge in [0.2, 0.25) is 5.90 Å². The van der Waals surface area contributed by atoms with E-state index in [1.807, 2.05) is 48.5 Å². The Hall–Kier alpha value is -2.14. The van der Waals surface area contributed by atoms with Crippen molar-refractivity contribution in [3.63, 3.8) is 0 Å². The Morgan fingerprint density at radius 3 is 2.46 bits per heavy atom. The third-order valence-electron chi connectivity index (χ3n) is 4.18. The van der Waals surface area contributed by atoms with Gasteiger partial charge >= 0.3 is 0 Å². The van der Waals surface area contributed by atoms with Crippen LogP contribution >= 0.6 is 0 Å². The molecule has 0 bridgehead atoms. The lowest BCUT2D eigenvalue weighted by molar-refractivity contribution is 0.195. The van der Waals surface area contributed by atoms with E-state index in [9.17, 15) is 4.21 Å². The lowest BCUT2D eigenvalue weighted by Crippen LogP contribution is -2.24. The van der Waals surface area contributed by atoms with Crippen molar-refractivity contribution >= 4 is 16.7 Å². The molecule has 126 valence electrons. The Labute approximate surface area is 144 Å². The van der Waals surface area contributed by atoms with Gasteiger partial charge in [-0.2, -0.15) is 0 Å². The Bertz CT molecular complexity index is 703. The highest BCUT2D eigenvalue weighted by Crippen LogP contribution is 2.29. The van der Waals surface area contributed by atoms with Crippen LogP contribution in [-0.2, 0) is 26.8 Å². The van der Waals surface area contributed by atoms with Crippen LogP contribution < -0.4 is 0 Å². The number of benzene rings is 2. The molecule has 0 spiro atoms. The minimum atomic E-state index is -1.05. The van der Waals surface area contributed by atoms with Gasteiger partial charge in [0.15, 0.2) is 0 Å². The summed E-state index contributed by atoms with van der Waals surface area (Å²) < 4.78 is 18.4. The zero-order valence-electron chi connectivity index (χ0n) is 13.6. The topological polar surface area (TPSA) is 47.9 Å². The molecule has 0 saturated carbocycles. The van der Waals surface area contributed by atoms with Crippen LogP contribution in [0.25, 0.3) is 0 Å². The van der Waals surface area contributed by atoms with Crippen molar-refractivity contribution < 1.29 is 13.8 Å². The molecule has 0 amide bonds. The summed E-state index contributed by atoms with van der Waals surface area (Å²) in [7, 11) is 0.473. The fourth-order valence-electron chi connectivity index (χ4n) is 2.95. The van der Waals surface area contributed by atoms with Crippen LogP contribution in [0.2, 0.25) is 0 Å². The van der Waals surface area contributed by atoms with Crippen molar-refractivity contribution in [2.45, 2.75) is 11.3 Å². The van der Waals surface area contributed by atoms with E-state index < -0.39 is 10.8 Å². The first-order valence-electron chi connectivity index (χ1n) is 7.99. The molecule has 0 unspecified atom stereocenters. The van der Waals surface area contributed by atoms with Crippen molar-refractivity contribution in [1.82, 2.24) is 0 Å². The SMILES string of the molecule is CO/N=C1\OC[C@@H](C[S@](=O)c2ccccc2)[C@H]1Cc1ccccc1. The predicted octanol–water partition coefficient (Wildman–Crippen LogP) is 3.26. The van der Waals surface area contributed by atoms with Gasteiger partial charge in [0.1, 0.15) is 7.11 Å². The van der Waals surface area contributed by atoms with Gasteiger partial charge in [0, 0.05) is 22.5 Å². The molecule has 24 heavy (non-hydrogen) atoms. The maximum Gasteiger partial charge on any atom is 0.229 e. The first kappa shape index (κ1) is 16.7. The molecule has 3 atom stereocenters. The highest BCUT2D eigenvalue weighted by atomic mass is 32.2. The minimum absolute atomic E-state index is 0.0833. The number of oxime groups is 1. The minimum Gasteiger partial charge on any atom is -0.478 e. The summed E-state index contributed by atoms with van der Waals surface area (Å²) in [5.74, 6) is 1.40. The fraction of sp³-hybridized carbons (Fsp3) is 0.316. The summed E-state index contributed by atoms with van der Waals surface area (Å²) in [6.45, 7) is 0.526. The van der Waals surface area contributed by atoms with Crippen LogP contribution in [0.5, 0.6) is 0 Å². The van der Waals surface area contributed by atoms with Gasteiger partial charge in [-0.25, -0.2) is 0 Å². The monoisotopic (exact) mass is 343 g/mol. The second kappa shape index (κ2) is 8.11. The maximum absolute atomic E-state index is 12.6. The molecule has 0 radical (unpaired) electrons. The second-order valence-electron chi connectivity index (χ2n) is 5.80. The largest absolute Gasteiger partial charge is 0.478 e. The Balaban J connectivity index is 1.75. The molecular formula is C19H21NO3S. The third kappa shape index (κ3) is 4.03. The van der Waals surface area contributed by atoms with E-state index in [2.05, 4.69) is 17.3 Å². The normalized spacial score (nSPS) is 23.0. The van der Waals surface area contributed by atoms with E-state index >= 15 is 0 Å². The van der Waals surface area contributed by atoms with E-state index in [1.165, 1.54) is 12.7 Å². The number of hydrogen-bond acceptors (Lipinski definition) is 4. The van der Waals surface area contributed by atoms with E-state index in [1.54, 1.807) is 0 Å². The average molecular weight is 343 g/mol. The average Bonchev–Trinajstić information content (AvgIpc) is 2.99. The summed E-state index contributed by atoms with van der Waals surface area (Å²) in [4.78, 5) is 5.77. The molecule has 1 heterocycles. The van der Waals surface area contributed by atoms with Crippen molar-refractivity contribution in [2.24, 2.45) is 17.0 Å². The smallest absolute Gasteiger partial charge is 0.229 e. The molecule has 0 N–H and O–H groups in total. The first-order valence-corrected chi connectivity index (χ1v) is 9.31. The zero-order valence-corrected chi connectivity index (χ0v) is 14.4. The van der Waals surface area contributed by atoms with Crippen LogP contribution in [-0.4, -0.2) is 29.6 Å².